The third-order valence-electron chi connectivity index (χ3n) is 1.18. The first-order valence-corrected chi connectivity index (χ1v) is 2.96. The quantitative estimate of drug-likeness (QED) is 0.411. The molecule has 0 aromatic rings. The van der Waals surface area contributed by atoms with Crippen molar-refractivity contribution in [3.05, 3.63) is 42.0 Å². The average molecular weight is 203 g/mol. The molecule has 0 aliphatic carbocycles. The predicted molar refractivity (Wildman–Crippen MR) is 38.3 cm³/mol. The van der Waals surface area contributed by atoms with Crippen molar-refractivity contribution in [1.29, 1.82) is 0 Å². The van der Waals surface area contributed by atoms with E-state index in [1.54, 1.807) is 5.32 Å². The zero-order valence-electron chi connectivity index (χ0n) is 6.24. The molecule has 0 atom stereocenters. The van der Waals surface area contributed by atoms with Crippen LogP contribution >= 0.6 is 0 Å². The van der Waals surface area contributed by atoms with Gasteiger partial charge in [0, 0.05) is 0 Å². The maximum atomic E-state index is 10.2. The van der Waals surface area contributed by atoms with E-state index < -0.39 is 32.4 Å². The van der Waals surface area contributed by atoms with Crippen LogP contribution in [0.4, 0.5) is 0 Å². The monoisotopic (exact) mass is 203 g/mol. The van der Waals surface area contributed by atoms with Crippen molar-refractivity contribution in [3.63, 3.8) is 0 Å². The predicted octanol–water partition coefficient (Wildman–Crippen LogP) is -1.76. The maximum Gasteiger partial charge on any atom is 0.680 e. The molecule has 1 aliphatic rings. The Labute approximate surface area is 74.2 Å². The second-order valence-electron chi connectivity index (χ2n) is 2.00. The molecule has 0 fully saturated rings. The first kappa shape index (κ1) is 9.50. The molecule has 0 unspecified atom stereocenters. The number of hydrogen-bond acceptors (Lipinski definition) is 8. The molecule has 0 aromatic heterocycles. The van der Waals surface area contributed by atoms with Crippen LogP contribution in [0.25, 0.3) is 0 Å². The molecule has 0 saturated heterocycles. The first-order valence-electron chi connectivity index (χ1n) is 2.96. The highest BCUT2D eigenvalue weighted by molar-refractivity contribution is 5.74. The Morgan fingerprint density at radius 1 is 1.00 bits per heavy atom. The fourth-order valence-electron chi connectivity index (χ4n) is 0.684. The molecular formula is C3HN5O6+. The van der Waals surface area contributed by atoms with Gasteiger partial charge in [-0.2, -0.15) is 0 Å². The molecule has 1 heterocycles. The van der Waals surface area contributed by atoms with Gasteiger partial charge in [0.05, 0.1) is 4.92 Å². The molecule has 11 nitrogen and oxygen atoms in total. The van der Waals surface area contributed by atoms with Crippen LogP contribution < -0.4 is 10.3 Å². The van der Waals surface area contributed by atoms with E-state index in [0.29, 0.717) is 0 Å². The normalized spacial score (nSPS) is 14.7. The van der Waals surface area contributed by atoms with Crippen molar-refractivity contribution in [3.8, 4) is 0 Å². The summed E-state index contributed by atoms with van der Waals surface area (Å²) >= 11 is 0. The molecule has 1 N–H and O–H groups in total. The number of rotatable bonds is 2. The van der Waals surface area contributed by atoms with Gasteiger partial charge in [0.2, 0.25) is 0 Å². The Kier molecular flexibility index (Phi) is 2.06. The van der Waals surface area contributed by atoms with Gasteiger partial charge in [0.1, 0.15) is 4.92 Å². The van der Waals surface area contributed by atoms with E-state index in [2.05, 4.69) is 4.99 Å². The van der Waals surface area contributed by atoms with Gasteiger partial charge in [-0.3, -0.25) is 10.1 Å². The molecule has 1 radical (unpaired) electrons. The summed E-state index contributed by atoms with van der Waals surface area (Å²) in [5.74, 6) is -3.33. The maximum absolute atomic E-state index is 10.2. The molecule has 1 rings (SSSR count). The van der Waals surface area contributed by atoms with Crippen LogP contribution in [0, 0.1) is 30.3 Å². The van der Waals surface area contributed by atoms with E-state index in [4.69, 9.17) is 0 Å². The van der Waals surface area contributed by atoms with Crippen molar-refractivity contribution >= 4 is 5.96 Å². The molecule has 0 aromatic carbocycles. The van der Waals surface area contributed by atoms with Gasteiger partial charge < -0.3 is 20.2 Å². The summed E-state index contributed by atoms with van der Waals surface area (Å²) in [5, 5.41) is 32.0. The fraction of sp³-hybridized carbons (Fsp3) is 0. The number of aliphatic imine (C=N–C) groups is 1. The highest BCUT2D eigenvalue weighted by Crippen LogP contribution is 2.05. The van der Waals surface area contributed by atoms with Gasteiger partial charge in [-0.1, -0.05) is 0 Å². The van der Waals surface area contributed by atoms with E-state index >= 15 is 0 Å². The zero-order valence-corrected chi connectivity index (χ0v) is 6.24. The van der Waals surface area contributed by atoms with E-state index in [1.807, 2.05) is 0 Å². The SMILES string of the molecule is O=[N+]([O-])C1=[N+]C([N+](=O)[O-])=C([N+](=O)[O-])N1. The lowest BCUT2D eigenvalue weighted by Crippen LogP contribution is -2.30. The van der Waals surface area contributed by atoms with Crippen LogP contribution in [0.15, 0.2) is 11.6 Å². The minimum absolute atomic E-state index is 1.04. The Morgan fingerprint density at radius 3 is 1.86 bits per heavy atom. The molecule has 0 bridgehead atoms. The van der Waals surface area contributed by atoms with Gasteiger partial charge in [0.25, 0.3) is 4.99 Å². The third-order valence-corrected chi connectivity index (χ3v) is 1.18. The lowest BCUT2D eigenvalue weighted by Gasteiger charge is -1.87. The minimum atomic E-state index is -1.18. The largest absolute Gasteiger partial charge is 0.680 e. The Morgan fingerprint density at radius 2 is 1.57 bits per heavy atom. The molecule has 0 amide bonds. The lowest BCUT2D eigenvalue weighted by molar-refractivity contribution is -0.475. The molecule has 73 valence electrons. The molecule has 1 aliphatic heterocycles. The molecular weight excluding hydrogens is 202 g/mol. The molecule has 11 heteroatoms. The second kappa shape index (κ2) is 3.04. The smallest absolute Gasteiger partial charge is 0.358 e. The molecule has 14 heavy (non-hydrogen) atoms. The van der Waals surface area contributed by atoms with E-state index in [0.717, 1.165) is 0 Å². The highest BCUT2D eigenvalue weighted by Gasteiger charge is 2.54. The highest BCUT2D eigenvalue weighted by atomic mass is 16.7. The molecule has 0 saturated carbocycles. The van der Waals surface area contributed by atoms with Gasteiger partial charge in [-0.25, -0.2) is 0 Å². The van der Waals surface area contributed by atoms with Crippen LogP contribution in [0.2, 0.25) is 0 Å². The number of nitro groups is 3. The van der Waals surface area contributed by atoms with Gasteiger partial charge in [0.15, 0.2) is 0 Å². The summed E-state index contributed by atoms with van der Waals surface area (Å²) in [4.78, 5) is 29.8. The summed E-state index contributed by atoms with van der Waals surface area (Å²) in [7, 11) is 0. The number of hydrogen-bond donors (Lipinski definition) is 1. The Hall–Kier alpha value is -2.59. The summed E-state index contributed by atoms with van der Waals surface area (Å²) in [6.07, 6.45) is 0. The third kappa shape index (κ3) is 1.45. The van der Waals surface area contributed by atoms with Crippen molar-refractivity contribution in [2.45, 2.75) is 0 Å². The number of nitrogens with zero attached hydrogens (tertiary/aromatic N) is 4. The average Bonchev–Trinajstić information content (AvgIpc) is 2.47. The minimum Gasteiger partial charge on any atom is -0.358 e. The zero-order chi connectivity index (χ0) is 10.9. The number of guanidine groups is 1. The van der Waals surface area contributed by atoms with Crippen LogP contribution in [0.3, 0.4) is 0 Å². The van der Waals surface area contributed by atoms with Gasteiger partial charge in [-0.15, -0.1) is 5.32 Å². The summed E-state index contributed by atoms with van der Waals surface area (Å²) in [5.41, 5.74) is 0. The first-order chi connectivity index (χ1) is 6.43. The Balaban J connectivity index is 3.10. The summed E-state index contributed by atoms with van der Waals surface area (Å²) in [6.45, 7) is 0. The lowest BCUT2D eigenvalue weighted by atomic mass is 10.7. The van der Waals surface area contributed by atoms with Crippen LogP contribution in [0.5, 0.6) is 0 Å². The van der Waals surface area contributed by atoms with E-state index in [-0.39, 0.29) is 0 Å². The number of nitrogens with one attached hydrogen (secondary N) is 1. The van der Waals surface area contributed by atoms with Gasteiger partial charge >= 0.3 is 17.6 Å². The summed E-state index contributed by atoms with van der Waals surface area (Å²) < 4.78 is 0. The second-order valence-corrected chi connectivity index (χ2v) is 2.00. The Bertz CT molecular complexity index is 394. The van der Waals surface area contributed by atoms with Crippen molar-refractivity contribution in [1.82, 2.24) is 10.3 Å². The van der Waals surface area contributed by atoms with E-state index in [9.17, 15) is 30.3 Å². The summed E-state index contributed by atoms with van der Waals surface area (Å²) in [6, 6.07) is 0. The van der Waals surface area contributed by atoms with Crippen LogP contribution in [-0.4, -0.2) is 20.7 Å². The van der Waals surface area contributed by atoms with Gasteiger partial charge in [-0.05, 0) is 4.92 Å². The van der Waals surface area contributed by atoms with Crippen molar-refractivity contribution in [2.24, 2.45) is 0 Å². The van der Waals surface area contributed by atoms with Crippen molar-refractivity contribution < 1.29 is 14.8 Å². The standard InChI is InChI=1S/C3HN5O6/c9-6(10)1-2(7(11)12)5-3(4-1)8(13)14/h4H/q+1. The van der Waals surface area contributed by atoms with Crippen LogP contribution in [0.1, 0.15) is 0 Å². The molecule has 0 spiro atoms. The van der Waals surface area contributed by atoms with Crippen LogP contribution in [-0.2, 0) is 0 Å². The topological polar surface area (TPSA) is 156 Å². The van der Waals surface area contributed by atoms with E-state index in [1.165, 1.54) is 0 Å². The fourth-order valence-corrected chi connectivity index (χ4v) is 0.684. The van der Waals surface area contributed by atoms with Crippen molar-refractivity contribution in [2.75, 3.05) is 0 Å².